The molecule has 0 radical (unpaired) electrons. The van der Waals surface area contributed by atoms with E-state index in [2.05, 4.69) is 72.3 Å². The third kappa shape index (κ3) is 3.44. The van der Waals surface area contributed by atoms with Gasteiger partial charge in [-0.1, -0.05) is 28.1 Å². The first-order chi connectivity index (χ1) is 8.56. The lowest BCUT2D eigenvalue weighted by Gasteiger charge is -2.13. The highest BCUT2D eigenvalue weighted by molar-refractivity contribution is 9.10. The molecule has 0 bridgehead atoms. The summed E-state index contributed by atoms with van der Waals surface area (Å²) in [5.41, 5.74) is 2.72. The fraction of sp³-hybridized carbons (Fsp3) is 0.333. The van der Waals surface area contributed by atoms with Gasteiger partial charge >= 0.3 is 0 Å². The van der Waals surface area contributed by atoms with Crippen LogP contribution in [0.3, 0.4) is 0 Å². The van der Waals surface area contributed by atoms with E-state index in [-0.39, 0.29) is 0 Å². The fourth-order valence-electron chi connectivity index (χ4n) is 1.86. The molecule has 2 rings (SSSR count). The van der Waals surface area contributed by atoms with Crippen molar-refractivity contribution in [2.45, 2.75) is 33.4 Å². The summed E-state index contributed by atoms with van der Waals surface area (Å²) in [5.74, 6) is 0. The molecule has 96 valence electrons. The van der Waals surface area contributed by atoms with Gasteiger partial charge in [0.05, 0.1) is 0 Å². The van der Waals surface area contributed by atoms with Gasteiger partial charge in [-0.3, -0.25) is 0 Å². The second kappa shape index (κ2) is 6.00. The van der Waals surface area contributed by atoms with Crippen LogP contribution in [0.4, 0.5) is 0 Å². The molecule has 1 nitrogen and oxygen atoms in total. The zero-order chi connectivity index (χ0) is 13.1. The molecule has 0 aliphatic heterocycles. The molecule has 3 heteroatoms. The van der Waals surface area contributed by atoms with Gasteiger partial charge in [0, 0.05) is 26.8 Å². The number of halogens is 1. The fourth-order valence-corrected chi connectivity index (χ4v) is 3.13. The van der Waals surface area contributed by atoms with E-state index in [1.165, 1.54) is 20.9 Å². The zero-order valence-electron chi connectivity index (χ0n) is 11.0. The standard InChI is InChI=1S/C15H18BrNS/c1-10-8-15(18-12(10)3)9-17-11(2)13-4-6-14(16)7-5-13/h4-8,11,17H,9H2,1-3H3. The predicted octanol–water partition coefficient (Wildman–Crippen LogP) is 4.98. The largest absolute Gasteiger partial charge is 0.305 e. The molecule has 0 aliphatic carbocycles. The third-order valence-corrected chi connectivity index (χ3v) is 4.85. The van der Waals surface area contributed by atoms with Crippen LogP contribution in [0, 0.1) is 13.8 Å². The maximum Gasteiger partial charge on any atom is 0.0305 e. The van der Waals surface area contributed by atoms with Gasteiger partial charge in [-0.05, 0) is 50.1 Å². The van der Waals surface area contributed by atoms with Crippen LogP contribution >= 0.6 is 27.3 Å². The lowest BCUT2D eigenvalue weighted by Crippen LogP contribution is -2.17. The van der Waals surface area contributed by atoms with Crippen molar-refractivity contribution in [2.75, 3.05) is 0 Å². The highest BCUT2D eigenvalue weighted by Crippen LogP contribution is 2.22. The number of aryl methyl sites for hydroxylation is 2. The quantitative estimate of drug-likeness (QED) is 0.836. The highest BCUT2D eigenvalue weighted by atomic mass is 79.9. The molecule has 18 heavy (non-hydrogen) atoms. The molecule has 1 atom stereocenters. The van der Waals surface area contributed by atoms with Gasteiger partial charge in [-0.15, -0.1) is 11.3 Å². The molecule has 0 fully saturated rings. The van der Waals surface area contributed by atoms with E-state index in [9.17, 15) is 0 Å². The lowest BCUT2D eigenvalue weighted by atomic mass is 10.1. The Labute approximate surface area is 121 Å². The minimum Gasteiger partial charge on any atom is -0.305 e. The Morgan fingerprint density at radius 1 is 1.22 bits per heavy atom. The minimum atomic E-state index is 0.376. The van der Waals surface area contributed by atoms with Crippen molar-refractivity contribution in [2.24, 2.45) is 0 Å². The molecule has 0 amide bonds. The van der Waals surface area contributed by atoms with Crippen LogP contribution in [0.2, 0.25) is 0 Å². The molecule has 1 aromatic heterocycles. The SMILES string of the molecule is Cc1cc(CNC(C)c2ccc(Br)cc2)sc1C. The van der Waals surface area contributed by atoms with Gasteiger partial charge in [0.15, 0.2) is 0 Å². The minimum absolute atomic E-state index is 0.376. The number of rotatable bonds is 4. The van der Waals surface area contributed by atoms with E-state index < -0.39 is 0 Å². The summed E-state index contributed by atoms with van der Waals surface area (Å²) >= 11 is 5.35. The highest BCUT2D eigenvalue weighted by Gasteiger charge is 2.06. The maximum atomic E-state index is 3.57. The second-order valence-electron chi connectivity index (χ2n) is 4.61. The van der Waals surface area contributed by atoms with Crippen LogP contribution in [0.5, 0.6) is 0 Å². The Morgan fingerprint density at radius 3 is 2.44 bits per heavy atom. The van der Waals surface area contributed by atoms with Gasteiger partial charge in [0.1, 0.15) is 0 Å². The van der Waals surface area contributed by atoms with Crippen molar-refractivity contribution in [3.63, 3.8) is 0 Å². The first-order valence-electron chi connectivity index (χ1n) is 6.11. The number of thiophene rings is 1. The Kier molecular flexibility index (Phi) is 4.60. The van der Waals surface area contributed by atoms with Crippen LogP contribution in [0.25, 0.3) is 0 Å². The molecule has 0 saturated heterocycles. The van der Waals surface area contributed by atoms with Gasteiger partial charge in [-0.25, -0.2) is 0 Å². The van der Waals surface area contributed by atoms with Crippen LogP contribution in [0.15, 0.2) is 34.8 Å². The smallest absolute Gasteiger partial charge is 0.0305 e. The molecule has 1 heterocycles. The number of nitrogens with one attached hydrogen (secondary N) is 1. The Balaban J connectivity index is 1.95. The molecule has 1 aromatic carbocycles. The first kappa shape index (κ1) is 13.8. The van der Waals surface area contributed by atoms with E-state index in [1.54, 1.807) is 0 Å². The molecule has 2 aromatic rings. The zero-order valence-corrected chi connectivity index (χ0v) is 13.4. The summed E-state index contributed by atoms with van der Waals surface area (Å²) in [6.45, 7) is 7.50. The molecular formula is C15H18BrNS. The topological polar surface area (TPSA) is 12.0 Å². The first-order valence-corrected chi connectivity index (χ1v) is 7.72. The van der Waals surface area contributed by atoms with Crippen LogP contribution in [-0.4, -0.2) is 0 Å². The molecule has 0 aliphatic rings. The average Bonchev–Trinajstić information content (AvgIpc) is 2.67. The van der Waals surface area contributed by atoms with Crippen LogP contribution in [-0.2, 0) is 6.54 Å². The third-order valence-electron chi connectivity index (χ3n) is 3.17. The normalized spacial score (nSPS) is 12.7. The number of hydrogen-bond acceptors (Lipinski definition) is 2. The summed E-state index contributed by atoms with van der Waals surface area (Å²) < 4.78 is 1.13. The molecule has 0 spiro atoms. The summed E-state index contributed by atoms with van der Waals surface area (Å²) in [4.78, 5) is 2.83. The monoisotopic (exact) mass is 323 g/mol. The van der Waals surface area contributed by atoms with Crippen molar-refractivity contribution in [3.8, 4) is 0 Å². The second-order valence-corrected chi connectivity index (χ2v) is 6.86. The summed E-state index contributed by atoms with van der Waals surface area (Å²) in [7, 11) is 0. The summed E-state index contributed by atoms with van der Waals surface area (Å²) in [5, 5.41) is 3.57. The van der Waals surface area contributed by atoms with E-state index in [4.69, 9.17) is 0 Å². The maximum absolute atomic E-state index is 3.57. The van der Waals surface area contributed by atoms with Crippen molar-refractivity contribution in [3.05, 3.63) is 55.7 Å². The van der Waals surface area contributed by atoms with Crippen molar-refractivity contribution in [1.29, 1.82) is 0 Å². The Morgan fingerprint density at radius 2 is 1.89 bits per heavy atom. The molecule has 1 unspecified atom stereocenters. The summed E-state index contributed by atoms with van der Waals surface area (Å²) in [6, 6.07) is 11.2. The Bertz CT molecular complexity index is 496. The van der Waals surface area contributed by atoms with E-state index >= 15 is 0 Å². The van der Waals surface area contributed by atoms with Crippen molar-refractivity contribution in [1.82, 2.24) is 5.32 Å². The van der Waals surface area contributed by atoms with Crippen LogP contribution in [0.1, 0.15) is 33.8 Å². The van der Waals surface area contributed by atoms with E-state index in [1.807, 2.05) is 11.3 Å². The molecule has 0 saturated carbocycles. The van der Waals surface area contributed by atoms with Crippen molar-refractivity contribution >= 4 is 27.3 Å². The van der Waals surface area contributed by atoms with Gasteiger partial charge in [-0.2, -0.15) is 0 Å². The summed E-state index contributed by atoms with van der Waals surface area (Å²) in [6.07, 6.45) is 0. The molecular weight excluding hydrogens is 306 g/mol. The van der Waals surface area contributed by atoms with E-state index in [0.717, 1.165) is 11.0 Å². The van der Waals surface area contributed by atoms with Gasteiger partial charge < -0.3 is 5.32 Å². The average molecular weight is 324 g/mol. The number of hydrogen-bond donors (Lipinski definition) is 1. The van der Waals surface area contributed by atoms with Crippen molar-refractivity contribution < 1.29 is 0 Å². The van der Waals surface area contributed by atoms with E-state index in [0.29, 0.717) is 6.04 Å². The van der Waals surface area contributed by atoms with Gasteiger partial charge in [0.2, 0.25) is 0 Å². The van der Waals surface area contributed by atoms with Crippen LogP contribution < -0.4 is 5.32 Å². The molecule has 1 N–H and O–H groups in total. The number of benzene rings is 1. The Hall–Kier alpha value is -0.640. The predicted molar refractivity (Wildman–Crippen MR) is 83.2 cm³/mol. The lowest BCUT2D eigenvalue weighted by molar-refractivity contribution is 0.579. The van der Waals surface area contributed by atoms with Gasteiger partial charge in [0.25, 0.3) is 0 Å².